The average Bonchev–Trinajstić information content (AvgIpc) is 3.35. The van der Waals surface area contributed by atoms with Gasteiger partial charge < -0.3 is 25.4 Å². The summed E-state index contributed by atoms with van der Waals surface area (Å²) >= 11 is 1.42. The number of anilines is 1. The molecule has 0 bridgehead atoms. The molecule has 232 valence electrons. The van der Waals surface area contributed by atoms with Crippen LogP contribution in [-0.2, 0) is 14.4 Å². The third-order valence-electron chi connectivity index (χ3n) is 9.25. The number of rotatable bonds is 5. The van der Waals surface area contributed by atoms with E-state index in [0.29, 0.717) is 18.0 Å². The Balaban J connectivity index is 1.18. The van der Waals surface area contributed by atoms with E-state index in [-0.39, 0.29) is 24.8 Å². The van der Waals surface area contributed by atoms with Gasteiger partial charge in [-0.2, -0.15) is 0 Å². The number of benzene rings is 3. The van der Waals surface area contributed by atoms with Crippen LogP contribution in [0.2, 0.25) is 0 Å². The van der Waals surface area contributed by atoms with E-state index in [1.807, 2.05) is 72.8 Å². The van der Waals surface area contributed by atoms with Crippen LogP contribution in [-0.4, -0.2) is 63.0 Å². The van der Waals surface area contributed by atoms with Crippen LogP contribution in [0.5, 0.6) is 5.19 Å². The number of carboxylic acids is 1. The maximum atomic E-state index is 14.4. The van der Waals surface area contributed by atoms with Gasteiger partial charge in [0, 0.05) is 18.0 Å². The lowest BCUT2D eigenvalue weighted by Crippen LogP contribution is -2.55. The van der Waals surface area contributed by atoms with E-state index < -0.39 is 35.6 Å². The number of fused-ring (bicyclic) bond motifs is 4. The second kappa shape index (κ2) is 12.2. The van der Waals surface area contributed by atoms with Gasteiger partial charge in [0.1, 0.15) is 23.7 Å². The number of carbonyl (C=O) groups is 3. The van der Waals surface area contributed by atoms with E-state index in [1.165, 1.54) is 11.3 Å². The smallest absolute Gasteiger partial charge is 0.330 e. The van der Waals surface area contributed by atoms with E-state index in [0.717, 1.165) is 52.4 Å². The molecule has 10 heteroatoms. The molecule has 2 fully saturated rings. The predicted octanol–water partition coefficient (Wildman–Crippen LogP) is 5.76. The van der Waals surface area contributed by atoms with E-state index >= 15 is 0 Å². The molecule has 0 radical (unpaired) electrons. The Bertz CT molecular complexity index is 1760. The van der Waals surface area contributed by atoms with Crippen LogP contribution in [0.15, 0.2) is 78.9 Å². The number of carbonyl (C=O) groups excluding carboxylic acids is 2. The lowest BCUT2D eigenvalue weighted by Gasteiger charge is -2.30. The predicted molar refractivity (Wildman–Crippen MR) is 174 cm³/mol. The Hall–Kier alpha value is -4.44. The lowest BCUT2D eigenvalue weighted by atomic mass is 10.0. The Morgan fingerprint density at radius 3 is 2.71 bits per heavy atom. The molecule has 9 nitrogen and oxygen atoms in total. The molecule has 3 aromatic carbocycles. The highest BCUT2D eigenvalue weighted by Crippen LogP contribution is 2.45. The minimum atomic E-state index is -1.35. The monoisotopic (exact) mass is 624 g/mol. The van der Waals surface area contributed by atoms with Gasteiger partial charge in [-0.3, -0.25) is 9.59 Å². The number of para-hydroxylation sites is 1. The van der Waals surface area contributed by atoms with E-state index in [4.69, 9.17) is 4.74 Å². The fourth-order valence-electron chi connectivity index (χ4n) is 6.67. The van der Waals surface area contributed by atoms with Gasteiger partial charge in [-0.25, -0.2) is 9.78 Å². The fraction of sp³-hybridized carbons (Fsp3) is 0.371. The third-order valence-corrected chi connectivity index (χ3v) is 10.2. The number of allylic oxidation sites excluding steroid dienone is 1. The van der Waals surface area contributed by atoms with E-state index in [1.54, 1.807) is 4.90 Å². The van der Waals surface area contributed by atoms with Crippen molar-refractivity contribution in [2.75, 3.05) is 11.9 Å². The first-order valence-corrected chi connectivity index (χ1v) is 16.5. The zero-order valence-electron chi connectivity index (χ0n) is 24.9. The largest absolute Gasteiger partial charge is 0.479 e. The molecule has 1 saturated heterocycles. The van der Waals surface area contributed by atoms with Gasteiger partial charge in [0.25, 0.3) is 5.19 Å². The number of thiazole rings is 1. The van der Waals surface area contributed by atoms with Gasteiger partial charge >= 0.3 is 5.97 Å². The van der Waals surface area contributed by atoms with Crippen molar-refractivity contribution < 1.29 is 24.2 Å². The molecule has 1 aromatic heterocycles. The number of carboxylic acid groups (broad SMARTS) is 1. The summed E-state index contributed by atoms with van der Waals surface area (Å²) in [5.74, 6) is -1.98. The first-order valence-electron chi connectivity index (χ1n) is 15.7. The number of hydrogen-bond donors (Lipinski definition) is 3. The number of amides is 2. The van der Waals surface area contributed by atoms with Crippen LogP contribution < -0.4 is 15.4 Å². The summed E-state index contributed by atoms with van der Waals surface area (Å²) in [6, 6.07) is 20.5. The summed E-state index contributed by atoms with van der Waals surface area (Å²) in [4.78, 5) is 46.9. The van der Waals surface area contributed by atoms with Gasteiger partial charge in [-0.05, 0) is 60.7 Å². The van der Waals surface area contributed by atoms with Crippen molar-refractivity contribution in [3.8, 4) is 5.19 Å². The minimum absolute atomic E-state index is 0.191. The van der Waals surface area contributed by atoms with Crippen molar-refractivity contribution in [2.45, 2.75) is 68.7 Å². The summed E-state index contributed by atoms with van der Waals surface area (Å²) < 4.78 is 7.29. The van der Waals surface area contributed by atoms with E-state index in [2.05, 4.69) is 21.7 Å². The zero-order valence-corrected chi connectivity index (χ0v) is 25.7. The molecule has 7 rings (SSSR count). The Morgan fingerprint density at radius 2 is 1.87 bits per heavy atom. The molecule has 0 unspecified atom stereocenters. The molecular weight excluding hydrogens is 588 g/mol. The van der Waals surface area contributed by atoms with Gasteiger partial charge in [0.15, 0.2) is 0 Å². The second-order valence-corrected chi connectivity index (χ2v) is 13.3. The second-order valence-electron chi connectivity index (χ2n) is 12.3. The molecule has 45 heavy (non-hydrogen) atoms. The van der Waals surface area contributed by atoms with Crippen molar-refractivity contribution in [3.05, 3.63) is 78.9 Å². The Labute approximate surface area is 265 Å². The van der Waals surface area contributed by atoms with Crippen LogP contribution in [0, 0.1) is 5.92 Å². The summed E-state index contributed by atoms with van der Waals surface area (Å²) in [7, 11) is 0. The van der Waals surface area contributed by atoms with Crippen LogP contribution in [0.1, 0.15) is 44.9 Å². The van der Waals surface area contributed by atoms with Crippen LogP contribution >= 0.6 is 11.3 Å². The molecule has 1 aliphatic carbocycles. The van der Waals surface area contributed by atoms with Crippen molar-refractivity contribution in [3.63, 3.8) is 0 Å². The van der Waals surface area contributed by atoms with Crippen molar-refractivity contribution in [1.82, 2.24) is 15.2 Å². The number of ether oxygens (including phenoxy) is 1. The SMILES string of the molecule is O=C1N[C@]2(C(=O)O)C[C@H]2/C=C\CCCCC[C@H](Nc2ccc3ccccc3c2)C(=O)N2C[C@H](Oc3nc4ccccc4s3)C[C@@H]12. The average molecular weight is 625 g/mol. The third kappa shape index (κ3) is 5.99. The standard InChI is InChI=1S/C35H36N4O5S/c40-31-29-19-26(44-34-37-27-13-8-9-15-30(27)45-34)21-39(29)32(41)28(36-25-17-16-22-10-6-7-11-23(22)18-25)14-5-3-1-2-4-12-24-20-35(24,38-31)33(42)43/h4,6-13,15-18,24,26,28-29,36H,1-3,5,14,19-21H2,(H,38,40)(H,42,43)/b12-4-/t24-,26-,28+,29+,35-/m1/s1. The van der Waals surface area contributed by atoms with E-state index in [9.17, 15) is 19.5 Å². The number of aromatic nitrogens is 1. The topological polar surface area (TPSA) is 121 Å². The van der Waals surface area contributed by atoms with Crippen molar-refractivity contribution in [2.24, 2.45) is 5.92 Å². The lowest BCUT2D eigenvalue weighted by molar-refractivity contribution is -0.145. The van der Waals surface area contributed by atoms with Crippen molar-refractivity contribution >= 4 is 55.8 Å². The quantitative estimate of drug-likeness (QED) is 0.242. The summed E-state index contributed by atoms with van der Waals surface area (Å²) in [5.41, 5.74) is 0.313. The summed E-state index contributed by atoms with van der Waals surface area (Å²) in [6.45, 7) is 0.201. The van der Waals surface area contributed by atoms with Crippen LogP contribution in [0.25, 0.3) is 21.0 Å². The van der Waals surface area contributed by atoms with Crippen LogP contribution in [0.4, 0.5) is 5.69 Å². The Kier molecular flexibility index (Phi) is 7.91. The number of aliphatic carboxylic acids is 1. The molecule has 1 saturated carbocycles. The molecule has 3 N–H and O–H groups in total. The molecule has 3 heterocycles. The van der Waals surface area contributed by atoms with Gasteiger partial charge in [-0.15, -0.1) is 0 Å². The summed E-state index contributed by atoms with van der Waals surface area (Å²) in [6.07, 6.45) is 8.21. The molecule has 2 amide bonds. The van der Waals surface area contributed by atoms with Gasteiger partial charge in [0.2, 0.25) is 11.8 Å². The van der Waals surface area contributed by atoms with Gasteiger partial charge in [0.05, 0.1) is 16.8 Å². The highest BCUT2D eigenvalue weighted by atomic mass is 32.1. The van der Waals surface area contributed by atoms with Gasteiger partial charge in [-0.1, -0.05) is 78.8 Å². The molecule has 2 aliphatic heterocycles. The summed E-state index contributed by atoms with van der Waals surface area (Å²) in [5, 5.41) is 19.1. The molecule has 4 aromatic rings. The maximum Gasteiger partial charge on any atom is 0.330 e. The Morgan fingerprint density at radius 1 is 1.04 bits per heavy atom. The number of nitrogens with one attached hydrogen (secondary N) is 2. The molecule has 5 atom stereocenters. The highest BCUT2D eigenvalue weighted by Gasteiger charge is 2.61. The first-order chi connectivity index (χ1) is 21.9. The normalized spacial score (nSPS) is 28.0. The maximum absolute atomic E-state index is 14.4. The minimum Gasteiger partial charge on any atom is -0.479 e. The highest BCUT2D eigenvalue weighted by molar-refractivity contribution is 7.20. The molecule has 3 aliphatic rings. The number of nitrogens with zero attached hydrogens (tertiary/aromatic N) is 2. The van der Waals surface area contributed by atoms with Crippen LogP contribution in [0.3, 0.4) is 0 Å². The molecule has 0 spiro atoms. The number of hydrogen-bond acceptors (Lipinski definition) is 7. The van der Waals surface area contributed by atoms with Crippen molar-refractivity contribution in [1.29, 1.82) is 0 Å². The molecular formula is C35H36N4O5S. The fourth-order valence-corrected chi connectivity index (χ4v) is 7.55. The first kappa shape index (κ1) is 29.3. The zero-order chi connectivity index (χ0) is 31.0.